The second-order valence-corrected chi connectivity index (χ2v) is 3.96. The topological polar surface area (TPSA) is 3.24 Å². The van der Waals surface area contributed by atoms with Crippen LogP contribution in [0.15, 0.2) is 24.3 Å². The van der Waals surface area contributed by atoms with Crippen molar-refractivity contribution < 1.29 is 0 Å². The van der Waals surface area contributed by atoms with Crippen LogP contribution >= 0.6 is 11.6 Å². The summed E-state index contributed by atoms with van der Waals surface area (Å²) in [4.78, 5) is 2.44. The van der Waals surface area contributed by atoms with Gasteiger partial charge in [-0.15, -0.1) is 0 Å². The number of anilines is 1. The second-order valence-electron chi connectivity index (χ2n) is 3.52. The lowest BCUT2D eigenvalue weighted by atomic mass is 9.99. The van der Waals surface area contributed by atoms with Gasteiger partial charge in [0.15, 0.2) is 0 Å². The maximum absolute atomic E-state index is 5.83. The molecule has 0 amide bonds. The Morgan fingerprint density at radius 3 is 2.54 bits per heavy atom. The van der Waals surface area contributed by atoms with Crippen molar-refractivity contribution in [3.05, 3.63) is 29.3 Å². The van der Waals surface area contributed by atoms with Crippen LogP contribution in [-0.4, -0.2) is 12.6 Å². The minimum Gasteiger partial charge on any atom is -0.368 e. The molecule has 1 unspecified atom stereocenters. The van der Waals surface area contributed by atoms with Crippen molar-refractivity contribution in [1.29, 1.82) is 0 Å². The van der Waals surface area contributed by atoms with Crippen LogP contribution in [0.5, 0.6) is 0 Å². The van der Waals surface area contributed by atoms with E-state index in [2.05, 4.69) is 24.0 Å². The van der Waals surface area contributed by atoms with Crippen LogP contribution in [0, 0.1) is 0 Å². The smallest absolute Gasteiger partial charge is 0.0407 e. The van der Waals surface area contributed by atoms with Crippen LogP contribution in [0.1, 0.15) is 19.8 Å². The number of halogens is 1. The van der Waals surface area contributed by atoms with E-state index in [1.165, 1.54) is 25.1 Å². The van der Waals surface area contributed by atoms with E-state index >= 15 is 0 Å². The maximum Gasteiger partial charge on any atom is 0.0407 e. The van der Waals surface area contributed by atoms with Gasteiger partial charge in [0.05, 0.1) is 0 Å². The Morgan fingerprint density at radius 2 is 2.08 bits per heavy atom. The lowest BCUT2D eigenvalue weighted by molar-refractivity contribution is 0.437. The van der Waals surface area contributed by atoms with Gasteiger partial charge in [0.25, 0.3) is 0 Å². The van der Waals surface area contributed by atoms with Gasteiger partial charge in [0, 0.05) is 23.3 Å². The van der Waals surface area contributed by atoms with Crippen molar-refractivity contribution in [2.24, 2.45) is 0 Å². The molecule has 2 rings (SSSR count). The van der Waals surface area contributed by atoms with E-state index in [0.717, 1.165) is 11.1 Å². The summed E-state index contributed by atoms with van der Waals surface area (Å²) in [7, 11) is 0. The molecule has 0 radical (unpaired) electrons. The highest BCUT2D eigenvalue weighted by Gasteiger charge is 2.25. The normalized spacial score (nSPS) is 21.4. The number of benzene rings is 1. The summed E-state index contributed by atoms with van der Waals surface area (Å²) in [5, 5.41) is 0.817. The first-order chi connectivity index (χ1) is 6.31. The van der Waals surface area contributed by atoms with E-state index in [1.807, 2.05) is 12.1 Å². The summed E-state index contributed by atoms with van der Waals surface area (Å²) in [6, 6.07) is 8.87. The predicted molar refractivity (Wildman–Crippen MR) is 57.5 cm³/mol. The zero-order valence-electron chi connectivity index (χ0n) is 7.83. The lowest BCUT2D eigenvalue weighted by Gasteiger charge is -2.42. The maximum atomic E-state index is 5.83. The summed E-state index contributed by atoms with van der Waals surface area (Å²) in [6.07, 6.45) is 2.57. The first-order valence-corrected chi connectivity index (χ1v) is 5.21. The molecule has 1 fully saturated rings. The third-order valence-electron chi connectivity index (χ3n) is 2.77. The molecule has 0 N–H and O–H groups in total. The molecule has 1 atom stereocenters. The molecule has 13 heavy (non-hydrogen) atoms. The highest BCUT2D eigenvalue weighted by molar-refractivity contribution is 6.30. The molecule has 0 bridgehead atoms. The summed E-state index contributed by atoms with van der Waals surface area (Å²) in [5.41, 5.74) is 1.31. The summed E-state index contributed by atoms with van der Waals surface area (Å²) < 4.78 is 0. The van der Waals surface area contributed by atoms with E-state index in [-0.39, 0.29) is 0 Å². The largest absolute Gasteiger partial charge is 0.368 e. The van der Waals surface area contributed by atoms with Crippen LogP contribution in [0.4, 0.5) is 5.69 Å². The van der Waals surface area contributed by atoms with Crippen LogP contribution in [0.2, 0.25) is 5.02 Å². The number of hydrogen-bond acceptors (Lipinski definition) is 1. The molecule has 70 valence electrons. The van der Waals surface area contributed by atoms with Crippen molar-refractivity contribution in [2.45, 2.75) is 25.8 Å². The van der Waals surface area contributed by atoms with Crippen molar-refractivity contribution in [3.63, 3.8) is 0 Å². The van der Waals surface area contributed by atoms with Crippen molar-refractivity contribution in [3.8, 4) is 0 Å². The van der Waals surface area contributed by atoms with Crippen molar-refractivity contribution in [2.75, 3.05) is 11.4 Å². The molecule has 0 saturated carbocycles. The number of hydrogen-bond donors (Lipinski definition) is 0. The standard InChI is InChI=1S/C11H14ClN/c1-2-10-7-8-13(10)11-5-3-9(12)4-6-11/h3-6,10H,2,7-8H2,1H3. The monoisotopic (exact) mass is 195 g/mol. The molecular weight excluding hydrogens is 182 g/mol. The number of nitrogens with zero attached hydrogens (tertiary/aromatic N) is 1. The quantitative estimate of drug-likeness (QED) is 0.700. The molecule has 0 aromatic heterocycles. The molecule has 0 spiro atoms. The van der Waals surface area contributed by atoms with Gasteiger partial charge in [-0.1, -0.05) is 18.5 Å². The molecule has 0 aliphatic carbocycles. The van der Waals surface area contributed by atoms with Gasteiger partial charge >= 0.3 is 0 Å². The molecule has 1 aliphatic heterocycles. The van der Waals surface area contributed by atoms with Crippen LogP contribution in [0.25, 0.3) is 0 Å². The Morgan fingerprint density at radius 1 is 1.38 bits per heavy atom. The number of rotatable bonds is 2. The third kappa shape index (κ3) is 1.66. The highest BCUT2D eigenvalue weighted by atomic mass is 35.5. The van der Waals surface area contributed by atoms with Gasteiger partial charge in [-0.05, 0) is 37.1 Å². The highest BCUT2D eigenvalue weighted by Crippen LogP contribution is 2.28. The minimum atomic E-state index is 0.751. The Balaban J connectivity index is 2.12. The SMILES string of the molecule is CCC1CCN1c1ccc(Cl)cc1. The van der Waals surface area contributed by atoms with Gasteiger partial charge < -0.3 is 4.90 Å². The molecular formula is C11H14ClN. The van der Waals surface area contributed by atoms with Gasteiger partial charge in [0.1, 0.15) is 0 Å². The van der Waals surface area contributed by atoms with Gasteiger partial charge in [-0.3, -0.25) is 0 Å². The average Bonchev–Trinajstić information content (AvgIpc) is 2.08. The van der Waals surface area contributed by atoms with E-state index in [9.17, 15) is 0 Å². The van der Waals surface area contributed by atoms with Gasteiger partial charge in [-0.25, -0.2) is 0 Å². The Bertz CT molecular complexity index is 279. The first kappa shape index (κ1) is 8.89. The average molecular weight is 196 g/mol. The third-order valence-corrected chi connectivity index (χ3v) is 3.03. The zero-order chi connectivity index (χ0) is 9.26. The Hall–Kier alpha value is -0.690. The molecule has 1 aliphatic rings. The Labute approximate surface area is 84.3 Å². The fraction of sp³-hybridized carbons (Fsp3) is 0.455. The van der Waals surface area contributed by atoms with Crippen LogP contribution in [0.3, 0.4) is 0 Å². The lowest BCUT2D eigenvalue weighted by Crippen LogP contribution is -2.47. The molecule has 1 aromatic rings. The summed E-state index contributed by atoms with van der Waals surface area (Å²) >= 11 is 5.83. The fourth-order valence-corrected chi connectivity index (χ4v) is 1.96. The van der Waals surface area contributed by atoms with E-state index in [4.69, 9.17) is 11.6 Å². The predicted octanol–water partition coefficient (Wildman–Crippen LogP) is 3.33. The molecule has 1 nitrogen and oxygen atoms in total. The van der Waals surface area contributed by atoms with Gasteiger partial charge in [-0.2, -0.15) is 0 Å². The second kappa shape index (κ2) is 3.59. The van der Waals surface area contributed by atoms with Crippen LogP contribution < -0.4 is 4.90 Å². The van der Waals surface area contributed by atoms with Gasteiger partial charge in [0.2, 0.25) is 0 Å². The molecule has 1 saturated heterocycles. The van der Waals surface area contributed by atoms with E-state index in [1.54, 1.807) is 0 Å². The minimum absolute atomic E-state index is 0.751. The Kier molecular flexibility index (Phi) is 2.45. The summed E-state index contributed by atoms with van der Waals surface area (Å²) in [5.74, 6) is 0. The van der Waals surface area contributed by atoms with Crippen molar-refractivity contribution in [1.82, 2.24) is 0 Å². The van der Waals surface area contributed by atoms with Crippen LogP contribution in [-0.2, 0) is 0 Å². The molecule has 1 aromatic carbocycles. The van der Waals surface area contributed by atoms with Crippen molar-refractivity contribution >= 4 is 17.3 Å². The van der Waals surface area contributed by atoms with E-state index < -0.39 is 0 Å². The molecule has 1 heterocycles. The first-order valence-electron chi connectivity index (χ1n) is 4.83. The zero-order valence-corrected chi connectivity index (χ0v) is 8.59. The summed E-state index contributed by atoms with van der Waals surface area (Å²) in [6.45, 7) is 3.44. The molecule has 2 heteroatoms. The fourth-order valence-electron chi connectivity index (χ4n) is 1.84. The van der Waals surface area contributed by atoms with E-state index in [0.29, 0.717) is 0 Å².